The fourth-order valence-corrected chi connectivity index (χ4v) is 5.22. The molecule has 1 aliphatic rings. The van der Waals surface area contributed by atoms with Crippen molar-refractivity contribution >= 4 is 46.4 Å². The maximum Gasteiger partial charge on any atom is 0.220 e. The molecule has 3 aromatic rings. The Morgan fingerprint density at radius 3 is 2.56 bits per heavy atom. The van der Waals surface area contributed by atoms with Gasteiger partial charge in [0.15, 0.2) is 5.71 Å². The van der Waals surface area contributed by atoms with Gasteiger partial charge >= 0.3 is 0 Å². The highest BCUT2D eigenvalue weighted by Gasteiger charge is 2.44. The van der Waals surface area contributed by atoms with E-state index in [-0.39, 0.29) is 17.1 Å². The number of hydrogen-bond acceptors (Lipinski definition) is 4. The molecule has 3 aromatic carbocycles. The highest BCUT2D eigenvalue weighted by atomic mass is 35.5. The van der Waals surface area contributed by atoms with E-state index in [2.05, 4.69) is 65.5 Å². The monoisotopic (exact) mass is 545 g/mol. The number of rotatable bonds is 12. The summed E-state index contributed by atoms with van der Waals surface area (Å²) in [7, 11) is 0. The molecule has 0 fully saturated rings. The number of aromatic hydroxyl groups is 1. The fourth-order valence-electron chi connectivity index (χ4n) is 5.04. The first-order valence-electron chi connectivity index (χ1n) is 13.5. The summed E-state index contributed by atoms with van der Waals surface area (Å²) in [5.74, 6) is 0.251. The molecule has 6 nitrogen and oxygen atoms in total. The van der Waals surface area contributed by atoms with Crippen LogP contribution in [0.15, 0.2) is 72.8 Å². The molecule has 0 atom stereocenters. The number of amides is 1. The number of allylic oxidation sites excluding steroid dienone is 1. The van der Waals surface area contributed by atoms with E-state index in [9.17, 15) is 9.90 Å². The summed E-state index contributed by atoms with van der Waals surface area (Å²) in [5, 5.41) is 17.3. The van der Waals surface area contributed by atoms with E-state index in [1.54, 1.807) is 18.2 Å². The summed E-state index contributed by atoms with van der Waals surface area (Å²) >= 11 is 6.20. The first-order chi connectivity index (χ1) is 18.8. The van der Waals surface area contributed by atoms with Gasteiger partial charge in [-0.3, -0.25) is 4.79 Å². The largest absolute Gasteiger partial charge is 0.507 e. The smallest absolute Gasteiger partial charge is 0.220 e. The van der Waals surface area contributed by atoms with Gasteiger partial charge in [0, 0.05) is 65.6 Å². The Hall–Kier alpha value is -3.61. The van der Waals surface area contributed by atoms with Crippen molar-refractivity contribution in [2.75, 3.05) is 25.0 Å². The Morgan fingerprint density at radius 2 is 1.79 bits per heavy atom. The molecule has 0 bridgehead atoms. The maximum atomic E-state index is 11.9. The molecule has 1 aliphatic heterocycles. The van der Waals surface area contributed by atoms with Crippen LogP contribution >= 0.6 is 11.6 Å². The Labute approximate surface area is 236 Å². The van der Waals surface area contributed by atoms with E-state index in [0.29, 0.717) is 30.1 Å². The molecule has 0 spiro atoms. The molecule has 0 aromatic heterocycles. The van der Waals surface area contributed by atoms with E-state index in [4.69, 9.17) is 17.3 Å². The maximum absolute atomic E-state index is 11.9. The standard InChI is InChI=1S/C32H37ClN4O2/c1-32(2)27-22-26(36-25-9-5-3-6-10-25)14-15-28(27)37(20-8-4-7-11-31(39)35-19-18-34)30(32)17-12-23-21-24(33)13-16-29(23)38/h3,5-6,9-10,12-17,21-22,36H,4,7-8,11,18-20,34H2,1-2H3,(H,35,39)/p+1. The average Bonchev–Trinajstić information content (AvgIpc) is 3.13. The highest BCUT2D eigenvalue weighted by molar-refractivity contribution is 6.30. The molecule has 0 saturated carbocycles. The number of hydrogen-bond donors (Lipinski definition) is 4. The van der Waals surface area contributed by atoms with Crippen molar-refractivity contribution in [1.82, 2.24) is 5.32 Å². The van der Waals surface area contributed by atoms with Crippen LogP contribution in [-0.2, 0) is 10.2 Å². The molecule has 0 aliphatic carbocycles. The zero-order chi connectivity index (χ0) is 27.8. The molecule has 39 heavy (non-hydrogen) atoms. The van der Waals surface area contributed by atoms with Crippen molar-refractivity contribution < 1.29 is 14.5 Å². The van der Waals surface area contributed by atoms with Crippen LogP contribution in [0.4, 0.5) is 17.1 Å². The molecule has 0 radical (unpaired) electrons. The molecule has 5 N–H and O–H groups in total. The number of halogens is 1. The van der Waals surface area contributed by atoms with Gasteiger partial charge in [0.1, 0.15) is 12.3 Å². The quantitative estimate of drug-likeness (QED) is 0.154. The zero-order valence-electron chi connectivity index (χ0n) is 22.7. The molecule has 204 valence electrons. The van der Waals surface area contributed by atoms with Crippen LogP contribution in [-0.4, -0.2) is 40.9 Å². The van der Waals surface area contributed by atoms with Crippen LogP contribution in [0.1, 0.15) is 50.7 Å². The molecule has 1 heterocycles. The summed E-state index contributed by atoms with van der Waals surface area (Å²) in [5.41, 5.74) is 11.5. The first kappa shape index (κ1) is 28.4. The summed E-state index contributed by atoms with van der Waals surface area (Å²) in [6, 6.07) is 21.7. The van der Waals surface area contributed by atoms with Crippen LogP contribution in [0.3, 0.4) is 0 Å². The fraction of sp³-hybridized carbons (Fsp3) is 0.312. The van der Waals surface area contributed by atoms with Gasteiger partial charge in [-0.15, -0.1) is 0 Å². The third-order valence-electron chi connectivity index (χ3n) is 7.12. The first-order valence-corrected chi connectivity index (χ1v) is 13.9. The Kier molecular flexibility index (Phi) is 9.44. The lowest BCUT2D eigenvalue weighted by Crippen LogP contribution is -2.28. The van der Waals surface area contributed by atoms with Gasteiger partial charge in [0.05, 0.1) is 5.41 Å². The van der Waals surface area contributed by atoms with Crippen LogP contribution in [0, 0.1) is 0 Å². The van der Waals surface area contributed by atoms with Crippen molar-refractivity contribution in [3.8, 4) is 5.75 Å². The lowest BCUT2D eigenvalue weighted by Gasteiger charge is -2.17. The number of phenols is 1. The van der Waals surface area contributed by atoms with Crippen molar-refractivity contribution in [3.05, 3.63) is 89.0 Å². The number of fused-ring (bicyclic) bond motifs is 1. The van der Waals surface area contributed by atoms with Gasteiger partial charge in [-0.2, -0.15) is 4.58 Å². The highest BCUT2D eigenvalue weighted by Crippen LogP contribution is 2.42. The minimum absolute atomic E-state index is 0.0584. The lowest BCUT2D eigenvalue weighted by atomic mass is 9.81. The molecular formula is C32H38ClN4O2+. The number of nitrogens with zero attached hydrogens (tertiary/aromatic N) is 1. The molecule has 7 heteroatoms. The van der Waals surface area contributed by atoms with Crippen LogP contribution < -0.4 is 16.4 Å². The Balaban J connectivity index is 1.59. The van der Waals surface area contributed by atoms with Crippen molar-refractivity contribution in [1.29, 1.82) is 0 Å². The zero-order valence-corrected chi connectivity index (χ0v) is 23.5. The van der Waals surface area contributed by atoms with Gasteiger partial charge in [-0.1, -0.05) is 29.8 Å². The molecule has 4 rings (SSSR count). The number of para-hydroxylation sites is 1. The summed E-state index contributed by atoms with van der Waals surface area (Å²) < 4.78 is 2.37. The van der Waals surface area contributed by atoms with Crippen molar-refractivity contribution in [2.45, 2.75) is 44.9 Å². The topological polar surface area (TPSA) is 90.4 Å². The third-order valence-corrected chi connectivity index (χ3v) is 7.35. The van der Waals surface area contributed by atoms with Crippen molar-refractivity contribution in [2.24, 2.45) is 5.73 Å². The predicted molar refractivity (Wildman–Crippen MR) is 162 cm³/mol. The third kappa shape index (κ3) is 7.08. The molecule has 1 amide bonds. The van der Waals surface area contributed by atoms with Crippen LogP contribution in [0.25, 0.3) is 6.08 Å². The van der Waals surface area contributed by atoms with E-state index < -0.39 is 0 Å². The number of unbranched alkanes of at least 4 members (excludes halogenated alkanes) is 2. The predicted octanol–water partition coefficient (Wildman–Crippen LogP) is 6.51. The number of benzene rings is 3. The van der Waals surface area contributed by atoms with E-state index in [1.165, 1.54) is 11.3 Å². The van der Waals surface area contributed by atoms with Crippen molar-refractivity contribution in [3.63, 3.8) is 0 Å². The number of nitrogens with one attached hydrogen (secondary N) is 2. The van der Waals surface area contributed by atoms with Gasteiger partial charge in [-0.25, -0.2) is 0 Å². The van der Waals surface area contributed by atoms with Gasteiger partial charge in [0.2, 0.25) is 11.6 Å². The van der Waals surface area contributed by atoms with E-state index in [1.807, 2.05) is 24.3 Å². The van der Waals surface area contributed by atoms with E-state index >= 15 is 0 Å². The lowest BCUT2D eigenvalue weighted by molar-refractivity contribution is -0.438. The second-order valence-electron chi connectivity index (χ2n) is 10.4. The molecular weight excluding hydrogens is 508 g/mol. The Bertz CT molecular complexity index is 1370. The van der Waals surface area contributed by atoms with Gasteiger partial charge < -0.3 is 21.5 Å². The SMILES string of the molecule is CC1(C)C(/C=C/c2cc(Cl)ccc2O)=[N+](CCCCCC(=O)NCCN)c2ccc(Nc3ccccc3)cc21. The number of nitrogens with two attached hydrogens (primary N) is 1. The van der Waals surface area contributed by atoms with Crippen LogP contribution in [0.5, 0.6) is 5.75 Å². The summed E-state index contributed by atoms with van der Waals surface area (Å²) in [6.45, 7) is 6.27. The summed E-state index contributed by atoms with van der Waals surface area (Å²) in [4.78, 5) is 11.9. The molecule has 0 unspecified atom stereocenters. The second-order valence-corrected chi connectivity index (χ2v) is 10.8. The summed E-state index contributed by atoms with van der Waals surface area (Å²) in [6.07, 6.45) is 7.27. The second kappa shape index (κ2) is 13.0. The van der Waals surface area contributed by atoms with Gasteiger partial charge in [0.25, 0.3) is 0 Å². The Morgan fingerprint density at radius 1 is 1.00 bits per heavy atom. The molecule has 0 saturated heterocycles. The minimum Gasteiger partial charge on any atom is -0.507 e. The average molecular weight is 546 g/mol. The van der Waals surface area contributed by atoms with Gasteiger partial charge in [-0.05, 0) is 75.2 Å². The number of carbonyl (C=O) groups is 1. The normalized spacial score (nSPS) is 14.1. The number of anilines is 2. The van der Waals surface area contributed by atoms with E-state index in [0.717, 1.165) is 42.9 Å². The number of carbonyl (C=O) groups excluding carboxylic acids is 1. The minimum atomic E-state index is -0.267. The van der Waals surface area contributed by atoms with Crippen LogP contribution in [0.2, 0.25) is 5.02 Å². The number of phenolic OH excluding ortho intramolecular Hbond substituents is 1.